The Morgan fingerprint density at radius 3 is 2.35 bits per heavy atom. The van der Waals surface area contributed by atoms with E-state index in [0.29, 0.717) is 17.5 Å². The van der Waals surface area contributed by atoms with Gasteiger partial charge in [0.25, 0.3) is 0 Å². The minimum atomic E-state index is -0.230. The van der Waals surface area contributed by atoms with Crippen LogP contribution >= 0.6 is 0 Å². The summed E-state index contributed by atoms with van der Waals surface area (Å²) in [5, 5.41) is 0. The lowest BCUT2D eigenvalue weighted by atomic mass is 10.1. The van der Waals surface area contributed by atoms with E-state index < -0.39 is 0 Å². The van der Waals surface area contributed by atoms with Gasteiger partial charge in [-0.1, -0.05) is 27.7 Å². The lowest BCUT2D eigenvalue weighted by Crippen LogP contribution is -2.01. The second kappa shape index (κ2) is 4.13. The number of imidazole rings is 1. The van der Waals surface area contributed by atoms with Crippen LogP contribution in [-0.2, 0) is 0 Å². The fraction of sp³-hybridized carbons (Fsp3) is 0.500. The molecule has 2 aromatic heterocycles. The zero-order valence-electron chi connectivity index (χ0n) is 11.1. The molecular formula is C14H19FN2. The maximum absolute atomic E-state index is 14.0. The van der Waals surface area contributed by atoms with Gasteiger partial charge in [-0.3, -0.25) is 0 Å². The fourth-order valence-corrected chi connectivity index (χ4v) is 2.27. The first-order valence-corrected chi connectivity index (χ1v) is 6.09. The molecule has 0 N–H and O–H groups in total. The summed E-state index contributed by atoms with van der Waals surface area (Å²) in [7, 11) is 0. The van der Waals surface area contributed by atoms with Gasteiger partial charge in [0.1, 0.15) is 0 Å². The second-order valence-corrected chi connectivity index (χ2v) is 5.21. The third kappa shape index (κ3) is 1.94. The minimum absolute atomic E-state index is 0.230. The molecular weight excluding hydrogens is 215 g/mol. The Hall–Kier alpha value is -1.38. The van der Waals surface area contributed by atoms with Gasteiger partial charge in [-0.2, -0.15) is 0 Å². The van der Waals surface area contributed by atoms with Crippen LogP contribution in [0.2, 0.25) is 0 Å². The Morgan fingerprint density at radius 2 is 1.82 bits per heavy atom. The molecule has 0 aromatic carbocycles. The van der Waals surface area contributed by atoms with Crippen molar-refractivity contribution in [2.24, 2.45) is 0 Å². The third-order valence-electron chi connectivity index (χ3n) is 3.13. The van der Waals surface area contributed by atoms with Gasteiger partial charge in [0.15, 0.2) is 11.5 Å². The molecule has 92 valence electrons. The molecule has 2 nitrogen and oxygen atoms in total. The standard InChI is InChI=1S/C14H19FN2/c1-8(2)11-6-12(15)14-16-10(5)13(9(3)4)17(14)7-11/h6-9H,1-5H3. The first-order valence-electron chi connectivity index (χ1n) is 6.09. The van der Waals surface area contributed by atoms with Gasteiger partial charge in [-0.25, -0.2) is 9.37 Å². The van der Waals surface area contributed by atoms with Gasteiger partial charge >= 0.3 is 0 Å². The van der Waals surface area contributed by atoms with E-state index in [4.69, 9.17) is 0 Å². The van der Waals surface area contributed by atoms with Gasteiger partial charge < -0.3 is 4.40 Å². The largest absolute Gasteiger partial charge is 0.301 e. The highest BCUT2D eigenvalue weighted by atomic mass is 19.1. The van der Waals surface area contributed by atoms with Gasteiger partial charge in [0.05, 0.1) is 5.69 Å². The molecule has 0 atom stereocenters. The Labute approximate surface area is 101 Å². The van der Waals surface area contributed by atoms with Crippen LogP contribution in [0.1, 0.15) is 56.5 Å². The van der Waals surface area contributed by atoms with E-state index in [1.807, 2.05) is 17.5 Å². The molecule has 0 saturated carbocycles. The van der Waals surface area contributed by atoms with E-state index in [2.05, 4.69) is 32.7 Å². The SMILES string of the molecule is Cc1nc2c(F)cc(C(C)C)cn2c1C(C)C. The maximum atomic E-state index is 14.0. The molecule has 0 fully saturated rings. The Balaban J connectivity index is 2.79. The van der Waals surface area contributed by atoms with Crippen molar-refractivity contribution in [2.75, 3.05) is 0 Å². The number of hydrogen-bond acceptors (Lipinski definition) is 1. The minimum Gasteiger partial charge on any atom is -0.301 e. The molecule has 0 spiro atoms. The van der Waals surface area contributed by atoms with Crippen molar-refractivity contribution >= 4 is 5.65 Å². The number of pyridine rings is 1. The molecule has 2 heterocycles. The van der Waals surface area contributed by atoms with Crippen molar-refractivity contribution in [3.8, 4) is 0 Å². The molecule has 0 aliphatic carbocycles. The second-order valence-electron chi connectivity index (χ2n) is 5.21. The van der Waals surface area contributed by atoms with Gasteiger partial charge in [-0.05, 0) is 30.4 Å². The molecule has 0 radical (unpaired) electrons. The van der Waals surface area contributed by atoms with Crippen LogP contribution in [0.25, 0.3) is 5.65 Å². The summed E-state index contributed by atoms with van der Waals surface area (Å²) < 4.78 is 15.9. The first-order chi connectivity index (χ1) is 7.91. The van der Waals surface area contributed by atoms with Crippen molar-refractivity contribution in [1.82, 2.24) is 9.38 Å². The van der Waals surface area contributed by atoms with Gasteiger partial charge in [0, 0.05) is 11.9 Å². The highest BCUT2D eigenvalue weighted by molar-refractivity contribution is 5.47. The van der Waals surface area contributed by atoms with Crippen LogP contribution in [-0.4, -0.2) is 9.38 Å². The van der Waals surface area contributed by atoms with Gasteiger partial charge in [0.2, 0.25) is 0 Å². The average molecular weight is 234 g/mol. The smallest absolute Gasteiger partial charge is 0.173 e. The van der Waals surface area contributed by atoms with Gasteiger partial charge in [-0.15, -0.1) is 0 Å². The molecule has 2 aromatic rings. The third-order valence-corrected chi connectivity index (χ3v) is 3.13. The van der Waals surface area contributed by atoms with E-state index in [0.717, 1.165) is 17.0 Å². The monoisotopic (exact) mass is 234 g/mol. The molecule has 0 aliphatic heterocycles. The van der Waals surface area contributed by atoms with Crippen molar-refractivity contribution in [2.45, 2.75) is 46.5 Å². The van der Waals surface area contributed by atoms with Crippen molar-refractivity contribution in [3.63, 3.8) is 0 Å². The number of fused-ring (bicyclic) bond motifs is 1. The lowest BCUT2D eigenvalue weighted by Gasteiger charge is -2.10. The number of rotatable bonds is 2. The Bertz CT molecular complexity index is 553. The number of nitrogens with zero attached hydrogens (tertiary/aromatic N) is 2. The fourth-order valence-electron chi connectivity index (χ4n) is 2.27. The van der Waals surface area contributed by atoms with Crippen LogP contribution < -0.4 is 0 Å². The number of halogens is 1. The van der Waals surface area contributed by atoms with Crippen LogP contribution in [0.3, 0.4) is 0 Å². The quantitative estimate of drug-likeness (QED) is 0.767. The van der Waals surface area contributed by atoms with Crippen LogP contribution in [0.4, 0.5) is 4.39 Å². The molecule has 0 saturated heterocycles. The molecule has 2 rings (SSSR count). The summed E-state index contributed by atoms with van der Waals surface area (Å²) in [6.07, 6.45) is 2.01. The molecule has 0 aliphatic rings. The summed E-state index contributed by atoms with van der Waals surface area (Å²) >= 11 is 0. The predicted molar refractivity (Wildman–Crippen MR) is 68.1 cm³/mol. The zero-order chi connectivity index (χ0) is 12.7. The zero-order valence-corrected chi connectivity index (χ0v) is 11.1. The van der Waals surface area contributed by atoms with E-state index in [-0.39, 0.29) is 5.82 Å². The van der Waals surface area contributed by atoms with Crippen molar-refractivity contribution in [1.29, 1.82) is 0 Å². The van der Waals surface area contributed by atoms with Crippen LogP contribution in [0.15, 0.2) is 12.3 Å². The molecule has 0 unspecified atom stereocenters. The lowest BCUT2D eigenvalue weighted by molar-refractivity contribution is 0.622. The van der Waals surface area contributed by atoms with Crippen molar-refractivity contribution in [3.05, 3.63) is 35.0 Å². The highest BCUT2D eigenvalue weighted by Gasteiger charge is 2.16. The normalized spacial score (nSPS) is 12.0. The summed E-state index contributed by atoms with van der Waals surface area (Å²) in [4.78, 5) is 4.32. The molecule has 17 heavy (non-hydrogen) atoms. The predicted octanol–water partition coefficient (Wildman–Crippen LogP) is 4.03. The van der Waals surface area contributed by atoms with Crippen LogP contribution in [0.5, 0.6) is 0 Å². The topological polar surface area (TPSA) is 17.3 Å². The number of aryl methyl sites for hydroxylation is 1. The Kier molecular flexibility index (Phi) is 2.94. The van der Waals surface area contributed by atoms with E-state index in [1.165, 1.54) is 0 Å². The summed E-state index contributed by atoms with van der Waals surface area (Å²) in [5.74, 6) is 0.426. The van der Waals surface area contributed by atoms with Crippen molar-refractivity contribution < 1.29 is 4.39 Å². The highest BCUT2D eigenvalue weighted by Crippen LogP contribution is 2.25. The molecule has 3 heteroatoms. The first kappa shape index (κ1) is 12.1. The maximum Gasteiger partial charge on any atom is 0.173 e. The van der Waals surface area contributed by atoms with E-state index in [9.17, 15) is 4.39 Å². The van der Waals surface area contributed by atoms with Crippen LogP contribution in [0, 0.1) is 12.7 Å². The molecule has 0 bridgehead atoms. The van der Waals surface area contributed by atoms with E-state index >= 15 is 0 Å². The summed E-state index contributed by atoms with van der Waals surface area (Å²) in [6.45, 7) is 10.3. The number of aromatic nitrogens is 2. The number of hydrogen-bond donors (Lipinski definition) is 0. The average Bonchev–Trinajstić information content (AvgIpc) is 2.54. The Morgan fingerprint density at radius 1 is 1.18 bits per heavy atom. The summed E-state index contributed by atoms with van der Waals surface area (Å²) in [5.41, 5.74) is 3.46. The summed E-state index contributed by atoms with van der Waals surface area (Å²) in [6, 6.07) is 1.59. The van der Waals surface area contributed by atoms with E-state index in [1.54, 1.807) is 6.07 Å². The molecule has 0 amide bonds.